The van der Waals surface area contributed by atoms with Crippen molar-refractivity contribution < 1.29 is 23.9 Å². The van der Waals surface area contributed by atoms with Crippen LogP contribution in [0.3, 0.4) is 0 Å². The lowest BCUT2D eigenvalue weighted by Gasteiger charge is -2.58. The summed E-state index contributed by atoms with van der Waals surface area (Å²) < 4.78 is 10.7. The number of ether oxygens (including phenoxy) is 2. The van der Waals surface area contributed by atoms with E-state index in [9.17, 15) is 14.4 Å². The molecule has 0 unspecified atom stereocenters. The number of benzene rings is 1. The Balaban J connectivity index is 2.30. The number of amides is 1. The Bertz CT molecular complexity index is 827. The standard InChI is InChI=1S/C25H36N2O5/c1-7-12-20(28)32-16-15-27-23(3,4)17-25(18-24(27,5)6,22(30)31-8-2)26-21(29)19-13-10-9-11-14-19/h7,9-14H,8,15-18H2,1-6H3,(H,26,29)/b12-7+. The lowest BCUT2D eigenvalue weighted by Crippen LogP contribution is -2.72. The van der Waals surface area contributed by atoms with Crippen LogP contribution >= 0.6 is 0 Å². The highest BCUT2D eigenvalue weighted by molar-refractivity contribution is 5.98. The molecule has 176 valence electrons. The third kappa shape index (κ3) is 5.97. The molecule has 1 N–H and O–H groups in total. The van der Waals surface area contributed by atoms with E-state index in [-0.39, 0.29) is 25.1 Å². The van der Waals surface area contributed by atoms with Crippen molar-refractivity contribution in [2.24, 2.45) is 0 Å². The van der Waals surface area contributed by atoms with Gasteiger partial charge in [-0.2, -0.15) is 0 Å². The Morgan fingerprint density at radius 2 is 1.62 bits per heavy atom. The molecular weight excluding hydrogens is 408 g/mol. The van der Waals surface area contributed by atoms with Crippen molar-refractivity contribution in [1.29, 1.82) is 0 Å². The van der Waals surface area contributed by atoms with E-state index in [0.717, 1.165) is 0 Å². The molecule has 1 aliphatic heterocycles. The quantitative estimate of drug-likeness (QED) is 0.488. The minimum atomic E-state index is -1.17. The topological polar surface area (TPSA) is 84.9 Å². The van der Waals surface area contributed by atoms with Crippen molar-refractivity contribution in [1.82, 2.24) is 10.2 Å². The van der Waals surface area contributed by atoms with Gasteiger partial charge in [0.2, 0.25) is 0 Å². The summed E-state index contributed by atoms with van der Waals surface area (Å²) in [5, 5.41) is 3.02. The van der Waals surface area contributed by atoms with E-state index in [1.165, 1.54) is 6.08 Å². The van der Waals surface area contributed by atoms with Crippen LogP contribution in [-0.4, -0.2) is 59.1 Å². The molecule has 0 saturated carbocycles. The van der Waals surface area contributed by atoms with Crippen LogP contribution in [0, 0.1) is 0 Å². The summed E-state index contributed by atoms with van der Waals surface area (Å²) in [6, 6.07) is 8.86. The van der Waals surface area contributed by atoms with Gasteiger partial charge in [-0.3, -0.25) is 9.69 Å². The number of carbonyl (C=O) groups excluding carboxylic acids is 3. The maximum absolute atomic E-state index is 13.2. The van der Waals surface area contributed by atoms with Crippen molar-refractivity contribution in [2.45, 2.75) is 71.0 Å². The van der Waals surface area contributed by atoms with Crippen molar-refractivity contribution >= 4 is 17.8 Å². The van der Waals surface area contributed by atoms with E-state index >= 15 is 0 Å². The zero-order chi connectivity index (χ0) is 24.0. The molecule has 0 bridgehead atoms. The molecule has 0 radical (unpaired) electrons. The zero-order valence-corrected chi connectivity index (χ0v) is 20.1. The molecule has 0 atom stereocenters. The molecule has 0 aromatic heterocycles. The van der Waals surface area contributed by atoms with Crippen LogP contribution in [-0.2, 0) is 19.1 Å². The highest BCUT2D eigenvalue weighted by Gasteiger charge is 2.57. The normalized spacial score (nSPS) is 19.3. The fraction of sp³-hybridized carbons (Fsp3) is 0.560. The third-order valence-corrected chi connectivity index (χ3v) is 5.85. The number of piperidine rings is 1. The summed E-state index contributed by atoms with van der Waals surface area (Å²) in [5.74, 6) is -1.11. The van der Waals surface area contributed by atoms with Crippen LogP contribution in [0.4, 0.5) is 0 Å². The highest BCUT2D eigenvalue weighted by Crippen LogP contribution is 2.44. The van der Waals surface area contributed by atoms with Crippen LogP contribution in [0.1, 0.15) is 64.7 Å². The number of carbonyl (C=O) groups is 3. The molecule has 1 saturated heterocycles. The highest BCUT2D eigenvalue weighted by atomic mass is 16.5. The second kappa shape index (κ2) is 10.3. The van der Waals surface area contributed by atoms with Gasteiger partial charge in [0.25, 0.3) is 5.91 Å². The Labute approximate surface area is 191 Å². The van der Waals surface area contributed by atoms with Gasteiger partial charge in [0.05, 0.1) is 6.61 Å². The monoisotopic (exact) mass is 444 g/mol. The third-order valence-electron chi connectivity index (χ3n) is 5.85. The molecule has 1 amide bonds. The fourth-order valence-corrected chi connectivity index (χ4v) is 5.01. The lowest BCUT2D eigenvalue weighted by atomic mass is 9.68. The van der Waals surface area contributed by atoms with Gasteiger partial charge in [-0.1, -0.05) is 24.3 Å². The van der Waals surface area contributed by atoms with Gasteiger partial charge >= 0.3 is 11.9 Å². The Morgan fingerprint density at radius 1 is 1.03 bits per heavy atom. The molecule has 1 fully saturated rings. The number of allylic oxidation sites excluding steroid dienone is 1. The van der Waals surface area contributed by atoms with Crippen LogP contribution in [0.5, 0.6) is 0 Å². The number of hydrogen-bond donors (Lipinski definition) is 1. The first kappa shape index (κ1) is 25.6. The summed E-state index contributed by atoms with van der Waals surface area (Å²) in [4.78, 5) is 40.2. The van der Waals surface area contributed by atoms with Crippen LogP contribution in [0.2, 0.25) is 0 Å². The first-order chi connectivity index (χ1) is 15.0. The number of nitrogens with one attached hydrogen (secondary N) is 1. The summed E-state index contributed by atoms with van der Waals surface area (Å²) >= 11 is 0. The van der Waals surface area contributed by atoms with Gasteiger partial charge in [0, 0.05) is 29.3 Å². The van der Waals surface area contributed by atoms with E-state index in [1.54, 1.807) is 44.2 Å². The first-order valence-electron chi connectivity index (χ1n) is 11.1. The summed E-state index contributed by atoms with van der Waals surface area (Å²) in [7, 11) is 0. The molecule has 7 nitrogen and oxygen atoms in total. The van der Waals surface area contributed by atoms with Crippen molar-refractivity contribution in [3.05, 3.63) is 48.0 Å². The Morgan fingerprint density at radius 3 is 2.16 bits per heavy atom. The largest absolute Gasteiger partial charge is 0.464 e. The second-order valence-electron chi connectivity index (χ2n) is 9.42. The smallest absolute Gasteiger partial charge is 0.331 e. The van der Waals surface area contributed by atoms with E-state index < -0.39 is 22.6 Å². The minimum Gasteiger partial charge on any atom is -0.464 e. The van der Waals surface area contributed by atoms with Gasteiger partial charge in [0.15, 0.2) is 0 Å². The minimum absolute atomic E-state index is 0.229. The molecule has 1 aromatic carbocycles. The van der Waals surface area contributed by atoms with Gasteiger partial charge in [-0.15, -0.1) is 0 Å². The molecule has 2 rings (SSSR count). The molecule has 32 heavy (non-hydrogen) atoms. The molecule has 1 aromatic rings. The average molecular weight is 445 g/mol. The average Bonchev–Trinajstić information content (AvgIpc) is 2.70. The van der Waals surface area contributed by atoms with Gasteiger partial charge in [-0.25, -0.2) is 9.59 Å². The maximum Gasteiger partial charge on any atom is 0.331 e. The van der Waals surface area contributed by atoms with Crippen molar-refractivity contribution in [2.75, 3.05) is 19.8 Å². The van der Waals surface area contributed by atoms with Crippen molar-refractivity contribution in [3.8, 4) is 0 Å². The van der Waals surface area contributed by atoms with Gasteiger partial charge < -0.3 is 14.8 Å². The van der Waals surface area contributed by atoms with E-state index in [2.05, 4.69) is 10.2 Å². The van der Waals surface area contributed by atoms with Gasteiger partial charge in [-0.05, 0) is 66.5 Å². The molecule has 7 heteroatoms. The van der Waals surface area contributed by atoms with E-state index in [0.29, 0.717) is 24.9 Å². The molecule has 1 aliphatic rings. The lowest BCUT2D eigenvalue weighted by molar-refractivity contribution is -0.162. The summed E-state index contributed by atoms with van der Waals surface area (Å²) in [5.41, 5.74) is -1.64. The van der Waals surface area contributed by atoms with E-state index in [4.69, 9.17) is 9.47 Å². The molecular formula is C25H36N2O5. The molecule has 0 aliphatic carbocycles. The number of esters is 2. The maximum atomic E-state index is 13.2. The predicted molar refractivity (Wildman–Crippen MR) is 123 cm³/mol. The zero-order valence-electron chi connectivity index (χ0n) is 20.1. The summed E-state index contributed by atoms with van der Waals surface area (Å²) in [6.07, 6.45) is 3.75. The van der Waals surface area contributed by atoms with Crippen LogP contribution in [0.15, 0.2) is 42.5 Å². The SMILES string of the molecule is C/C=C/C(=O)OCCN1C(C)(C)CC(NC(=O)c2ccccc2)(C(=O)OCC)CC1(C)C. The van der Waals surface area contributed by atoms with Crippen LogP contribution < -0.4 is 5.32 Å². The Kier molecular flexibility index (Phi) is 8.24. The molecule has 0 spiro atoms. The number of hydrogen-bond acceptors (Lipinski definition) is 6. The number of likely N-dealkylation sites (tertiary alicyclic amines) is 1. The number of rotatable bonds is 8. The van der Waals surface area contributed by atoms with E-state index in [1.807, 2.05) is 33.8 Å². The second-order valence-corrected chi connectivity index (χ2v) is 9.42. The predicted octanol–water partition coefficient (Wildman–Crippen LogP) is 3.49. The van der Waals surface area contributed by atoms with Crippen molar-refractivity contribution in [3.63, 3.8) is 0 Å². The molecule has 1 heterocycles. The first-order valence-corrected chi connectivity index (χ1v) is 11.1. The van der Waals surface area contributed by atoms with Crippen LogP contribution in [0.25, 0.3) is 0 Å². The van der Waals surface area contributed by atoms with Gasteiger partial charge in [0.1, 0.15) is 12.1 Å². The summed E-state index contributed by atoms with van der Waals surface area (Å²) in [6.45, 7) is 12.6. The fourth-order valence-electron chi connectivity index (χ4n) is 5.01. The number of nitrogens with zero attached hydrogens (tertiary/aromatic N) is 1. The Hall–Kier alpha value is -2.67.